The van der Waals surface area contributed by atoms with Crippen LogP contribution in [-0.2, 0) is 17.6 Å². The quantitative estimate of drug-likeness (QED) is 0.775. The lowest BCUT2D eigenvalue weighted by Gasteiger charge is -2.05. The number of nitrogens with one attached hydrogen (secondary N) is 1. The summed E-state index contributed by atoms with van der Waals surface area (Å²) in [7, 11) is 0. The van der Waals surface area contributed by atoms with E-state index in [9.17, 15) is 4.79 Å². The Morgan fingerprint density at radius 3 is 2.61 bits per heavy atom. The second kappa shape index (κ2) is 6.69. The highest BCUT2D eigenvalue weighted by atomic mass is 16.3. The van der Waals surface area contributed by atoms with Crippen molar-refractivity contribution < 1.29 is 9.21 Å². The third-order valence-corrected chi connectivity index (χ3v) is 4.20. The first-order valence-corrected chi connectivity index (χ1v) is 7.91. The van der Waals surface area contributed by atoms with Crippen LogP contribution in [-0.4, -0.2) is 12.5 Å². The molecule has 0 bridgehead atoms. The number of benzene rings is 2. The Balaban J connectivity index is 1.61. The summed E-state index contributed by atoms with van der Waals surface area (Å²) in [6.07, 6.45) is 2.89. The molecule has 1 N–H and O–H groups in total. The van der Waals surface area contributed by atoms with Crippen LogP contribution < -0.4 is 5.32 Å². The number of amides is 1. The van der Waals surface area contributed by atoms with E-state index in [0.717, 1.165) is 23.0 Å². The standard InChI is InChI=1S/C20H21NO2/c1-14-10-18-17(13-23-19(18)11-15(14)2)12-20(22)21-9-8-16-6-4-3-5-7-16/h3-7,10-11,13H,8-9,12H2,1-2H3,(H,21,22). The Bertz CT molecular complexity index is 818. The lowest BCUT2D eigenvalue weighted by molar-refractivity contribution is -0.120. The average molecular weight is 307 g/mol. The Hall–Kier alpha value is -2.55. The van der Waals surface area contributed by atoms with E-state index in [2.05, 4.69) is 37.4 Å². The van der Waals surface area contributed by atoms with Crippen LogP contribution in [0, 0.1) is 13.8 Å². The van der Waals surface area contributed by atoms with Crippen LogP contribution in [0.25, 0.3) is 11.0 Å². The molecule has 23 heavy (non-hydrogen) atoms. The predicted octanol–water partition coefficient (Wildman–Crippen LogP) is 3.95. The van der Waals surface area contributed by atoms with Crippen LogP contribution in [0.1, 0.15) is 22.3 Å². The molecule has 0 spiro atoms. The maximum absolute atomic E-state index is 12.1. The number of hydrogen-bond donors (Lipinski definition) is 1. The highest BCUT2D eigenvalue weighted by Gasteiger charge is 2.11. The molecule has 3 rings (SSSR count). The van der Waals surface area contributed by atoms with Gasteiger partial charge >= 0.3 is 0 Å². The van der Waals surface area contributed by atoms with Gasteiger partial charge in [0.05, 0.1) is 12.7 Å². The molecule has 0 radical (unpaired) electrons. The molecule has 0 fully saturated rings. The van der Waals surface area contributed by atoms with E-state index in [1.165, 1.54) is 16.7 Å². The van der Waals surface area contributed by atoms with E-state index < -0.39 is 0 Å². The molecule has 1 amide bonds. The lowest BCUT2D eigenvalue weighted by Crippen LogP contribution is -2.27. The molecule has 1 heterocycles. The van der Waals surface area contributed by atoms with Crippen LogP contribution in [0.15, 0.2) is 53.1 Å². The minimum atomic E-state index is 0.0295. The summed E-state index contributed by atoms with van der Waals surface area (Å²) < 4.78 is 5.58. The van der Waals surface area contributed by atoms with E-state index in [0.29, 0.717) is 13.0 Å². The van der Waals surface area contributed by atoms with Crippen molar-refractivity contribution in [1.82, 2.24) is 5.32 Å². The molecule has 1 aromatic heterocycles. The first-order valence-electron chi connectivity index (χ1n) is 7.91. The largest absolute Gasteiger partial charge is 0.464 e. The maximum atomic E-state index is 12.1. The molecule has 3 aromatic rings. The van der Waals surface area contributed by atoms with Crippen LogP contribution >= 0.6 is 0 Å². The van der Waals surface area contributed by atoms with Gasteiger partial charge in [0.1, 0.15) is 5.58 Å². The summed E-state index contributed by atoms with van der Waals surface area (Å²) in [6.45, 7) is 4.79. The van der Waals surface area contributed by atoms with E-state index in [1.807, 2.05) is 24.3 Å². The molecule has 3 nitrogen and oxygen atoms in total. The van der Waals surface area contributed by atoms with Gasteiger partial charge in [0.25, 0.3) is 0 Å². The molecule has 3 heteroatoms. The third-order valence-electron chi connectivity index (χ3n) is 4.20. The van der Waals surface area contributed by atoms with Gasteiger partial charge < -0.3 is 9.73 Å². The minimum absolute atomic E-state index is 0.0295. The molecule has 0 aliphatic carbocycles. The number of hydrogen-bond acceptors (Lipinski definition) is 2. The zero-order chi connectivity index (χ0) is 16.2. The Morgan fingerprint density at radius 1 is 1.09 bits per heavy atom. The van der Waals surface area contributed by atoms with Crippen molar-refractivity contribution in [2.24, 2.45) is 0 Å². The second-order valence-electron chi connectivity index (χ2n) is 5.96. The maximum Gasteiger partial charge on any atom is 0.224 e. The molecular formula is C20H21NO2. The lowest BCUT2D eigenvalue weighted by atomic mass is 10.0. The fraction of sp³-hybridized carbons (Fsp3) is 0.250. The predicted molar refractivity (Wildman–Crippen MR) is 92.5 cm³/mol. The Kier molecular flexibility index (Phi) is 4.47. The zero-order valence-electron chi connectivity index (χ0n) is 13.6. The fourth-order valence-electron chi connectivity index (χ4n) is 2.70. The number of carbonyl (C=O) groups excluding carboxylic acids is 1. The molecule has 0 atom stereocenters. The Labute approximate surface area is 136 Å². The first-order chi connectivity index (χ1) is 11.1. The van der Waals surface area contributed by atoms with E-state index in [-0.39, 0.29) is 5.91 Å². The molecule has 0 saturated carbocycles. The van der Waals surface area contributed by atoms with Gasteiger partial charge in [-0.25, -0.2) is 0 Å². The monoisotopic (exact) mass is 307 g/mol. The van der Waals surface area contributed by atoms with Gasteiger partial charge in [0.15, 0.2) is 0 Å². The zero-order valence-corrected chi connectivity index (χ0v) is 13.6. The normalized spacial score (nSPS) is 10.9. The minimum Gasteiger partial charge on any atom is -0.464 e. The van der Waals surface area contributed by atoms with Crippen molar-refractivity contribution in [2.75, 3.05) is 6.54 Å². The van der Waals surface area contributed by atoms with E-state index in [4.69, 9.17) is 4.42 Å². The van der Waals surface area contributed by atoms with Crippen molar-refractivity contribution in [3.8, 4) is 0 Å². The number of rotatable bonds is 5. The van der Waals surface area contributed by atoms with Gasteiger partial charge in [-0.05, 0) is 49.1 Å². The third kappa shape index (κ3) is 3.62. The number of furan rings is 1. The first kappa shape index (κ1) is 15.3. The molecule has 2 aromatic carbocycles. The van der Waals surface area contributed by atoms with Crippen LogP contribution in [0.2, 0.25) is 0 Å². The summed E-state index contributed by atoms with van der Waals surface area (Å²) in [5.74, 6) is 0.0295. The molecule has 0 unspecified atom stereocenters. The van der Waals surface area contributed by atoms with Gasteiger partial charge in [0.2, 0.25) is 5.91 Å². The average Bonchev–Trinajstić information content (AvgIpc) is 2.91. The summed E-state index contributed by atoms with van der Waals surface area (Å²) in [5.41, 5.74) is 5.43. The molecule has 118 valence electrons. The van der Waals surface area contributed by atoms with Crippen molar-refractivity contribution in [3.63, 3.8) is 0 Å². The SMILES string of the molecule is Cc1cc2occ(CC(=O)NCCc3ccccc3)c2cc1C. The van der Waals surface area contributed by atoms with Gasteiger partial charge in [-0.15, -0.1) is 0 Å². The summed E-state index contributed by atoms with van der Waals surface area (Å²) in [4.78, 5) is 12.1. The van der Waals surface area contributed by atoms with Gasteiger partial charge in [-0.1, -0.05) is 30.3 Å². The molecule has 0 aliphatic heterocycles. The van der Waals surface area contributed by atoms with Crippen molar-refractivity contribution >= 4 is 16.9 Å². The highest BCUT2D eigenvalue weighted by Crippen LogP contribution is 2.25. The number of fused-ring (bicyclic) bond motifs is 1. The van der Waals surface area contributed by atoms with Crippen LogP contribution in [0.4, 0.5) is 0 Å². The summed E-state index contributed by atoms with van der Waals surface area (Å²) >= 11 is 0. The topological polar surface area (TPSA) is 42.2 Å². The van der Waals surface area contributed by atoms with Crippen LogP contribution in [0.3, 0.4) is 0 Å². The van der Waals surface area contributed by atoms with Crippen LogP contribution in [0.5, 0.6) is 0 Å². The number of carbonyl (C=O) groups is 1. The van der Waals surface area contributed by atoms with Crippen molar-refractivity contribution in [1.29, 1.82) is 0 Å². The van der Waals surface area contributed by atoms with Crippen molar-refractivity contribution in [3.05, 3.63) is 71.0 Å². The van der Waals surface area contributed by atoms with Gasteiger partial charge in [-0.2, -0.15) is 0 Å². The summed E-state index contributed by atoms with van der Waals surface area (Å²) in [5, 5.41) is 4.01. The van der Waals surface area contributed by atoms with Crippen molar-refractivity contribution in [2.45, 2.75) is 26.7 Å². The second-order valence-corrected chi connectivity index (χ2v) is 5.96. The van der Waals surface area contributed by atoms with Gasteiger partial charge in [0, 0.05) is 17.5 Å². The highest BCUT2D eigenvalue weighted by molar-refractivity contribution is 5.88. The molecule has 0 aliphatic rings. The van der Waals surface area contributed by atoms with E-state index in [1.54, 1.807) is 6.26 Å². The molecule has 0 saturated heterocycles. The van der Waals surface area contributed by atoms with E-state index >= 15 is 0 Å². The fourth-order valence-corrected chi connectivity index (χ4v) is 2.70. The van der Waals surface area contributed by atoms with Gasteiger partial charge in [-0.3, -0.25) is 4.79 Å². The number of aryl methyl sites for hydroxylation is 2. The molecular weight excluding hydrogens is 286 g/mol. The smallest absolute Gasteiger partial charge is 0.224 e. The Morgan fingerprint density at radius 2 is 1.83 bits per heavy atom. The summed E-state index contributed by atoms with van der Waals surface area (Å²) in [6, 6.07) is 14.3.